The van der Waals surface area contributed by atoms with Crippen molar-refractivity contribution >= 4 is 22.9 Å². The molecule has 0 bridgehead atoms. The molecule has 0 spiro atoms. The molecule has 1 aliphatic heterocycles. The van der Waals surface area contributed by atoms with Gasteiger partial charge in [-0.25, -0.2) is 4.98 Å². The summed E-state index contributed by atoms with van der Waals surface area (Å²) in [5.74, 6) is 0.360. The van der Waals surface area contributed by atoms with Gasteiger partial charge >= 0.3 is 0 Å². The molecule has 3 heterocycles. The van der Waals surface area contributed by atoms with Crippen LogP contribution in [0.3, 0.4) is 0 Å². The Labute approximate surface area is 157 Å². The summed E-state index contributed by atoms with van der Waals surface area (Å²) in [6, 6.07) is 13.5. The number of amides is 1. The lowest BCUT2D eigenvalue weighted by molar-refractivity contribution is -0.117. The number of fused-ring (bicyclic) bond motifs is 1. The zero-order chi connectivity index (χ0) is 18.5. The zero-order valence-electron chi connectivity index (χ0n) is 15.1. The van der Waals surface area contributed by atoms with Gasteiger partial charge in [0.2, 0.25) is 11.9 Å². The predicted octanol–water partition coefficient (Wildman–Crippen LogP) is 2.58. The van der Waals surface area contributed by atoms with Crippen LogP contribution in [0.25, 0.3) is 11.0 Å². The number of rotatable bonds is 7. The van der Waals surface area contributed by atoms with E-state index < -0.39 is 0 Å². The van der Waals surface area contributed by atoms with Gasteiger partial charge in [0.15, 0.2) is 0 Å². The Balaban J connectivity index is 1.41. The van der Waals surface area contributed by atoms with Crippen LogP contribution in [0.1, 0.15) is 18.5 Å². The Morgan fingerprint density at radius 3 is 2.93 bits per heavy atom. The van der Waals surface area contributed by atoms with Gasteiger partial charge < -0.3 is 9.72 Å². The van der Waals surface area contributed by atoms with E-state index in [0.29, 0.717) is 19.0 Å². The van der Waals surface area contributed by atoms with Crippen molar-refractivity contribution in [1.82, 2.24) is 19.9 Å². The summed E-state index contributed by atoms with van der Waals surface area (Å²) in [6.07, 6.45) is 4.05. The molecule has 1 fully saturated rings. The molecule has 140 valence electrons. The van der Waals surface area contributed by atoms with Gasteiger partial charge in [0, 0.05) is 25.9 Å². The third-order valence-electron chi connectivity index (χ3n) is 4.61. The number of H-pyrrole nitrogens is 1. The Hall–Kier alpha value is -2.77. The molecule has 1 aromatic carbocycles. The SMILES string of the molecule is O=C(CN(Cc1ccccn1)CC1CCCO1)Nc1nc2ccccc2[nH]1. The molecular weight excluding hydrogens is 342 g/mol. The standard InChI is InChI=1S/C20H23N5O2/c26-19(24-20-22-17-8-1-2-9-18(17)23-20)14-25(13-16-7-5-11-27-16)12-15-6-3-4-10-21-15/h1-4,6,8-10,16H,5,7,11-14H2,(H2,22,23,24,26). The van der Waals surface area contributed by atoms with Crippen LogP contribution in [0.2, 0.25) is 0 Å². The molecule has 1 aliphatic rings. The van der Waals surface area contributed by atoms with E-state index in [2.05, 4.69) is 25.2 Å². The number of carbonyl (C=O) groups excluding carboxylic acids is 1. The maximum atomic E-state index is 12.6. The Kier molecular flexibility index (Phi) is 5.41. The number of benzene rings is 1. The number of hydrogen-bond donors (Lipinski definition) is 2. The average molecular weight is 365 g/mol. The number of nitrogens with zero attached hydrogens (tertiary/aromatic N) is 3. The number of pyridine rings is 1. The number of aromatic nitrogens is 3. The third kappa shape index (κ3) is 4.69. The van der Waals surface area contributed by atoms with E-state index >= 15 is 0 Å². The second kappa shape index (κ2) is 8.28. The van der Waals surface area contributed by atoms with E-state index in [1.807, 2.05) is 42.5 Å². The summed E-state index contributed by atoms with van der Waals surface area (Å²) in [4.78, 5) is 26.6. The Morgan fingerprint density at radius 2 is 2.15 bits per heavy atom. The summed E-state index contributed by atoms with van der Waals surface area (Å²) >= 11 is 0. The van der Waals surface area contributed by atoms with Gasteiger partial charge in [0.1, 0.15) is 0 Å². The van der Waals surface area contributed by atoms with Gasteiger partial charge in [-0.1, -0.05) is 18.2 Å². The van der Waals surface area contributed by atoms with Crippen LogP contribution < -0.4 is 5.32 Å². The first-order chi connectivity index (χ1) is 13.3. The lowest BCUT2D eigenvalue weighted by Gasteiger charge is -2.24. The van der Waals surface area contributed by atoms with Gasteiger partial charge in [-0.05, 0) is 37.1 Å². The van der Waals surface area contributed by atoms with Gasteiger partial charge in [-0.2, -0.15) is 0 Å². The van der Waals surface area contributed by atoms with Crippen LogP contribution in [0.4, 0.5) is 5.95 Å². The molecule has 2 N–H and O–H groups in total. The maximum Gasteiger partial charge on any atom is 0.240 e. The van der Waals surface area contributed by atoms with Crippen molar-refractivity contribution in [2.75, 3.05) is 25.0 Å². The minimum absolute atomic E-state index is 0.108. The number of ether oxygens (including phenoxy) is 1. The predicted molar refractivity (Wildman–Crippen MR) is 103 cm³/mol. The third-order valence-corrected chi connectivity index (χ3v) is 4.61. The molecule has 1 atom stereocenters. The summed E-state index contributed by atoms with van der Waals surface area (Å²) in [6.45, 7) is 2.37. The molecule has 1 saturated heterocycles. The smallest absolute Gasteiger partial charge is 0.240 e. The van der Waals surface area contributed by atoms with E-state index in [-0.39, 0.29) is 18.6 Å². The molecule has 7 nitrogen and oxygen atoms in total. The molecule has 4 rings (SSSR count). The summed E-state index contributed by atoms with van der Waals surface area (Å²) < 4.78 is 5.75. The molecule has 27 heavy (non-hydrogen) atoms. The van der Waals surface area contributed by atoms with Gasteiger partial charge in [-0.3, -0.25) is 20.0 Å². The molecule has 0 aliphatic carbocycles. The maximum absolute atomic E-state index is 12.6. The fourth-order valence-corrected chi connectivity index (χ4v) is 3.37. The van der Waals surface area contributed by atoms with E-state index in [0.717, 1.165) is 36.2 Å². The molecule has 0 radical (unpaired) electrons. The van der Waals surface area contributed by atoms with Crippen LogP contribution in [0, 0.1) is 0 Å². The van der Waals surface area contributed by atoms with Crippen LogP contribution in [-0.2, 0) is 16.1 Å². The minimum Gasteiger partial charge on any atom is -0.377 e. The number of hydrogen-bond acceptors (Lipinski definition) is 5. The first kappa shape index (κ1) is 17.6. The molecule has 0 saturated carbocycles. The molecular formula is C20H23N5O2. The lowest BCUT2D eigenvalue weighted by atomic mass is 10.2. The van der Waals surface area contributed by atoms with E-state index in [1.54, 1.807) is 6.20 Å². The van der Waals surface area contributed by atoms with Gasteiger partial charge in [-0.15, -0.1) is 0 Å². The Bertz CT molecular complexity index is 857. The number of carbonyl (C=O) groups is 1. The quantitative estimate of drug-likeness (QED) is 0.672. The highest BCUT2D eigenvalue weighted by atomic mass is 16.5. The molecule has 2 aromatic heterocycles. The van der Waals surface area contributed by atoms with Crippen LogP contribution in [-0.4, -0.2) is 51.6 Å². The number of imidazole rings is 1. The fraction of sp³-hybridized carbons (Fsp3) is 0.350. The summed E-state index contributed by atoms with van der Waals surface area (Å²) in [5, 5.41) is 2.86. The minimum atomic E-state index is -0.108. The normalized spacial score (nSPS) is 16.9. The van der Waals surface area contributed by atoms with Gasteiger partial charge in [0.25, 0.3) is 0 Å². The molecule has 1 amide bonds. The second-order valence-corrected chi connectivity index (χ2v) is 6.78. The van der Waals surface area contributed by atoms with Crippen LogP contribution in [0.15, 0.2) is 48.7 Å². The lowest BCUT2D eigenvalue weighted by Crippen LogP contribution is -2.38. The van der Waals surface area contributed by atoms with Crippen molar-refractivity contribution in [3.05, 3.63) is 54.4 Å². The summed E-state index contributed by atoms with van der Waals surface area (Å²) in [7, 11) is 0. The second-order valence-electron chi connectivity index (χ2n) is 6.78. The van der Waals surface area contributed by atoms with Crippen molar-refractivity contribution in [2.24, 2.45) is 0 Å². The van der Waals surface area contributed by atoms with Crippen molar-refractivity contribution in [1.29, 1.82) is 0 Å². The topological polar surface area (TPSA) is 83.1 Å². The number of nitrogens with one attached hydrogen (secondary N) is 2. The molecule has 1 unspecified atom stereocenters. The first-order valence-electron chi connectivity index (χ1n) is 9.25. The highest BCUT2D eigenvalue weighted by Gasteiger charge is 2.21. The van der Waals surface area contributed by atoms with E-state index in [1.165, 1.54) is 0 Å². The highest BCUT2D eigenvalue weighted by Crippen LogP contribution is 2.16. The first-order valence-corrected chi connectivity index (χ1v) is 9.25. The van der Waals surface area contributed by atoms with Crippen molar-refractivity contribution in [3.63, 3.8) is 0 Å². The monoisotopic (exact) mass is 365 g/mol. The van der Waals surface area contributed by atoms with Crippen LogP contribution in [0.5, 0.6) is 0 Å². The van der Waals surface area contributed by atoms with E-state index in [9.17, 15) is 4.79 Å². The van der Waals surface area contributed by atoms with Crippen molar-refractivity contribution < 1.29 is 9.53 Å². The summed E-state index contributed by atoms with van der Waals surface area (Å²) in [5.41, 5.74) is 2.67. The van der Waals surface area contributed by atoms with Gasteiger partial charge in [0.05, 0.1) is 29.4 Å². The largest absolute Gasteiger partial charge is 0.377 e. The van der Waals surface area contributed by atoms with Crippen molar-refractivity contribution in [3.8, 4) is 0 Å². The van der Waals surface area contributed by atoms with Crippen molar-refractivity contribution in [2.45, 2.75) is 25.5 Å². The fourth-order valence-electron chi connectivity index (χ4n) is 3.37. The average Bonchev–Trinajstić information content (AvgIpc) is 3.31. The zero-order valence-corrected chi connectivity index (χ0v) is 15.1. The van der Waals surface area contributed by atoms with E-state index in [4.69, 9.17) is 4.74 Å². The number of aromatic amines is 1. The molecule has 7 heteroatoms. The highest BCUT2D eigenvalue weighted by molar-refractivity contribution is 5.92. The Morgan fingerprint density at radius 1 is 1.26 bits per heavy atom. The molecule has 3 aromatic rings. The van der Waals surface area contributed by atoms with Crippen LogP contribution >= 0.6 is 0 Å². The number of para-hydroxylation sites is 2. The number of anilines is 1.